The normalized spacial score (nSPS) is 16.3. The maximum atomic E-state index is 12.0. The van der Waals surface area contributed by atoms with E-state index in [4.69, 9.17) is 0 Å². The number of piperidine rings is 1. The number of aromatic nitrogens is 2. The highest BCUT2D eigenvalue weighted by Crippen LogP contribution is 2.07. The molecule has 17 heavy (non-hydrogen) atoms. The number of likely N-dealkylation sites (tertiary alicyclic amines) is 1. The minimum absolute atomic E-state index is 0.0743. The van der Waals surface area contributed by atoms with Crippen LogP contribution in [0.5, 0.6) is 0 Å². The molecule has 1 aromatic rings. The van der Waals surface area contributed by atoms with E-state index in [0.29, 0.717) is 32.5 Å². The Labute approximate surface area is 100 Å². The van der Waals surface area contributed by atoms with E-state index < -0.39 is 0 Å². The fraction of sp³-hybridized carbons (Fsp3) is 0.583. The Morgan fingerprint density at radius 2 is 2.12 bits per heavy atom. The molecule has 92 valence electrons. The molecule has 0 bridgehead atoms. The molecule has 1 saturated heterocycles. The molecule has 1 fully saturated rings. The maximum Gasteiger partial charge on any atom is 0.242 e. The lowest BCUT2D eigenvalue weighted by Gasteiger charge is -2.26. The molecule has 5 heteroatoms. The molecule has 0 spiro atoms. The first-order valence-electron chi connectivity index (χ1n) is 6.00. The number of ketones is 1. The number of hydrogen-bond donors (Lipinski definition) is 0. The Morgan fingerprint density at radius 1 is 1.41 bits per heavy atom. The van der Waals surface area contributed by atoms with Crippen molar-refractivity contribution < 1.29 is 9.59 Å². The first-order chi connectivity index (χ1) is 8.20. The van der Waals surface area contributed by atoms with Crippen molar-refractivity contribution in [3.05, 3.63) is 18.2 Å². The average Bonchev–Trinajstić information content (AvgIpc) is 2.77. The van der Waals surface area contributed by atoms with Crippen LogP contribution in [0.1, 0.15) is 25.6 Å². The van der Waals surface area contributed by atoms with Crippen LogP contribution < -0.4 is 0 Å². The van der Waals surface area contributed by atoms with E-state index >= 15 is 0 Å². The fourth-order valence-corrected chi connectivity index (χ4v) is 2.05. The van der Waals surface area contributed by atoms with Crippen molar-refractivity contribution in [1.82, 2.24) is 14.5 Å². The average molecular weight is 235 g/mol. The number of imidazole rings is 1. The van der Waals surface area contributed by atoms with Gasteiger partial charge in [0, 0.05) is 44.7 Å². The van der Waals surface area contributed by atoms with Crippen LogP contribution in [0.4, 0.5) is 0 Å². The van der Waals surface area contributed by atoms with Crippen LogP contribution >= 0.6 is 0 Å². The standard InChI is InChI=1S/C12H17N3O2/c1-2-11-13-5-8-15(11)9-12(17)14-6-3-10(16)4-7-14/h5,8H,2-4,6-7,9H2,1H3. The summed E-state index contributed by atoms with van der Waals surface area (Å²) >= 11 is 0. The summed E-state index contributed by atoms with van der Waals surface area (Å²) in [6.45, 7) is 3.47. The van der Waals surface area contributed by atoms with Crippen molar-refractivity contribution in [3.8, 4) is 0 Å². The number of nitrogens with zero attached hydrogens (tertiary/aromatic N) is 3. The van der Waals surface area contributed by atoms with E-state index in [0.717, 1.165) is 12.2 Å². The summed E-state index contributed by atoms with van der Waals surface area (Å²) in [6, 6.07) is 0. The van der Waals surface area contributed by atoms with Crippen LogP contribution in [0.25, 0.3) is 0 Å². The van der Waals surface area contributed by atoms with Gasteiger partial charge < -0.3 is 9.47 Å². The number of hydrogen-bond acceptors (Lipinski definition) is 3. The number of Topliss-reactive ketones (excluding diaryl/α,β-unsaturated/α-hetero) is 1. The monoisotopic (exact) mass is 235 g/mol. The van der Waals surface area contributed by atoms with E-state index in [-0.39, 0.29) is 11.7 Å². The molecule has 0 saturated carbocycles. The second-order valence-electron chi connectivity index (χ2n) is 4.24. The van der Waals surface area contributed by atoms with E-state index in [2.05, 4.69) is 4.98 Å². The maximum absolute atomic E-state index is 12.0. The zero-order chi connectivity index (χ0) is 12.3. The van der Waals surface area contributed by atoms with Gasteiger partial charge in [0.2, 0.25) is 5.91 Å². The van der Waals surface area contributed by atoms with Crippen molar-refractivity contribution in [1.29, 1.82) is 0 Å². The van der Waals surface area contributed by atoms with Gasteiger partial charge in [0.15, 0.2) is 0 Å². The summed E-state index contributed by atoms with van der Waals surface area (Å²) in [5, 5.41) is 0. The predicted octanol–water partition coefficient (Wildman–Crippen LogP) is 0.637. The summed E-state index contributed by atoms with van der Waals surface area (Å²) in [5.74, 6) is 1.25. The van der Waals surface area contributed by atoms with Gasteiger partial charge in [-0.3, -0.25) is 9.59 Å². The van der Waals surface area contributed by atoms with Crippen LogP contribution in [-0.4, -0.2) is 39.2 Å². The van der Waals surface area contributed by atoms with Gasteiger partial charge in [-0.25, -0.2) is 4.98 Å². The van der Waals surface area contributed by atoms with Crippen molar-refractivity contribution in [2.45, 2.75) is 32.7 Å². The van der Waals surface area contributed by atoms with Crippen LogP contribution in [0.2, 0.25) is 0 Å². The number of aryl methyl sites for hydroxylation is 1. The molecule has 0 aliphatic carbocycles. The van der Waals surface area contributed by atoms with Crippen molar-refractivity contribution >= 4 is 11.7 Å². The lowest BCUT2D eigenvalue weighted by molar-refractivity contribution is -0.135. The van der Waals surface area contributed by atoms with E-state index in [1.807, 2.05) is 17.7 Å². The Balaban J connectivity index is 1.95. The quantitative estimate of drug-likeness (QED) is 0.772. The third kappa shape index (κ3) is 2.72. The van der Waals surface area contributed by atoms with Gasteiger partial charge >= 0.3 is 0 Å². The number of carbonyl (C=O) groups is 2. The molecule has 2 rings (SSSR count). The Hall–Kier alpha value is -1.65. The van der Waals surface area contributed by atoms with Gasteiger partial charge in [-0.2, -0.15) is 0 Å². The largest absolute Gasteiger partial charge is 0.340 e. The van der Waals surface area contributed by atoms with Crippen LogP contribution in [0.3, 0.4) is 0 Å². The van der Waals surface area contributed by atoms with Gasteiger partial charge in [0.1, 0.15) is 18.2 Å². The third-order valence-corrected chi connectivity index (χ3v) is 3.10. The number of amides is 1. The highest BCUT2D eigenvalue weighted by molar-refractivity contribution is 5.83. The molecular weight excluding hydrogens is 218 g/mol. The molecule has 1 aliphatic rings. The first kappa shape index (κ1) is 11.8. The number of carbonyl (C=O) groups excluding carboxylic acids is 2. The highest BCUT2D eigenvalue weighted by atomic mass is 16.2. The zero-order valence-electron chi connectivity index (χ0n) is 10.1. The molecule has 5 nitrogen and oxygen atoms in total. The van der Waals surface area contributed by atoms with Gasteiger partial charge in [0.05, 0.1) is 0 Å². The minimum atomic E-state index is 0.0743. The SMILES string of the molecule is CCc1nccn1CC(=O)N1CCC(=O)CC1. The molecule has 0 aromatic carbocycles. The summed E-state index contributed by atoms with van der Waals surface area (Å²) in [5.41, 5.74) is 0. The van der Waals surface area contributed by atoms with E-state index in [1.54, 1.807) is 11.1 Å². The van der Waals surface area contributed by atoms with Gasteiger partial charge in [0.25, 0.3) is 0 Å². The van der Waals surface area contributed by atoms with Gasteiger partial charge in [-0.1, -0.05) is 6.92 Å². The second-order valence-corrected chi connectivity index (χ2v) is 4.24. The first-order valence-corrected chi connectivity index (χ1v) is 6.00. The van der Waals surface area contributed by atoms with Gasteiger partial charge in [-0.15, -0.1) is 0 Å². The van der Waals surface area contributed by atoms with E-state index in [1.165, 1.54) is 0 Å². The molecule has 1 aromatic heterocycles. The topological polar surface area (TPSA) is 55.2 Å². The zero-order valence-corrected chi connectivity index (χ0v) is 10.1. The Bertz CT molecular complexity index is 415. The second kappa shape index (κ2) is 5.12. The van der Waals surface area contributed by atoms with Crippen molar-refractivity contribution in [2.75, 3.05) is 13.1 Å². The molecule has 0 unspecified atom stereocenters. The van der Waals surface area contributed by atoms with Crippen molar-refractivity contribution in [3.63, 3.8) is 0 Å². The molecular formula is C12H17N3O2. The van der Waals surface area contributed by atoms with Crippen LogP contribution in [0.15, 0.2) is 12.4 Å². The lowest BCUT2D eigenvalue weighted by Crippen LogP contribution is -2.40. The molecule has 1 aliphatic heterocycles. The summed E-state index contributed by atoms with van der Waals surface area (Å²) in [4.78, 5) is 29.0. The Kier molecular flexibility index (Phi) is 3.56. The number of rotatable bonds is 3. The fourth-order valence-electron chi connectivity index (χ4n) is 2.05. The van der Waals surface area contributed by atoms with Crippen LogP contribution in [-0.2, 0) is 22.6 Å². The third-order valence-electron chi connectivity index (χ3n) is 3.10. The molecule has 0 radical (unpaired) electrons. The minimum Gasteiger partial charge on any atom is -0.340 e. The van der Waals surface area contributed by atoms with Crippen molar-refractivity contribution in [2.24, 2.45) is 0 Å². The Morgan fingerprint density at radius 3 is 2.76 bits per heavy atom. The molecule has 1 amide bonds. The molecule has 0 N–H and O–H groups in total. The van der Waals surface area contributed by atoms with E-state index in [9.17, 15) is 9.59 Å². The summed E-state index contributed by atoms with van der Waals surface area (Å²) in [6.07, 6.45) is 5.35. The summed E-state index contributed by atoms with van der Waals surface area (Å²) < 4.78 is 1.87. The lowest BCUT2D eigenvalue weighted by atomic mass is 10.1. The molecule has 2 heterocycles. The molecule has 0 atom stereocenters. The highest BCUT2D eigenvalue weighted by Gasteiger charge is 2.21. The smallest absolute Gasteiger partial charge is 0.242 e. The van der Waals surface area contributed by atoms with Gasteiger partial charge in [-0.05, 0) is 0 Å². The predicted molar refractivity (Wildman–Crippen MR) is 62.4 cm³/mol. The summed E-state index contributed by atoms with van der Waals surface area (Å²) in [7, 11) is 0. The van der Waals surface area contributed by atoms with Crippen LogP contribution in [0, 0.1) is 0 Å².